The highest BCUT2D eigenvalue weighted by molar-refractivity contribution is 5.60. The van der Waals surface area contributed by atoms with Crippen molar-refractivity contribution in [3.8, 4) is 0 Å². The molecule has 2 saturated heterocycles. The summed E-state index contributed by atoms with van der Waals surface area (Å²) in [6.07, 6.45) is -0.204. The highest BCUT2D eigenvalue weighted by atomic mass is 16.8. The molecule has 10 heteroatoms. The van der Waals surface area contributed by atoms with Crippen LogP contribution < -0.4 is 11.1 Å². The number of carbonyl (C=O) groups excluding carboxylic acids is 1. The molecule has 2 fully saturated rings. The first-order chi connectivity index (χ1) is 11.2. The van der Waals surface area contributed by atoms with Gasteiger partial charge in [0.15, 0.2) is 0 Å². The fraction of sp³-hybridized carbons (Fsp3) is 0.929. The predicted octanol–water partition coefficient (Wildman–Crippen LogP) is 0.110. The zero-order valence-corrected chi connectivity index (χ0v) is 14.4. The molecule has 0 aromatic heterocycles. The Kier molecular flexibility index (Phi) is 5.97. The van der Waals surface area contributed by atoms with Crippen LogP contribution in [-0.4, -0.2) is 71.2 Å². The first kappa shape index (κ1) is 18.8. The monoisotopic (exact) mass is 345 g/mol. The third kappa shape index (κ3) is 5.26. The number of hydrogen-bond acceptors (Lipinski definition) is 9. The van der Waals surface area contributed by atoms with Crippen molar-refractivity contribution in [1.82, 2.24) is 15.3 Å². The van der Waals surface area contributed by atoms with Gasteiger partial charge >= 0.3 is 6.16 Å². The van der Waals surface area contributed by atoms with Crippen molar-refractivity contribution in [2.24, 2.45) is 5.73 Å². The van der Waals surface area contributed by atoms with Gasteiger partial charge in [0.25, 0.3) is 0 Å². The quantitative estimate of drug-likeness (QED) is 0.416. The molecular weight excluding hydrogens is 318 g/mol. The van der Waals surface area contributed by atoms with E-state index in [1.807, 2.05) is 0 Å². The normalized spacial score (nSPS) is 29.9. The summed E-state index contributed by atoms with van der Waals surface area (Å²) in [5.74, 6) is 0. The molecule has 0 aromatic rings. The molecule has 2 aliphatic rings. The summed E-state index contributed by atoms with van der Waals surface area (Å²) in [6, 6.07) is -0.738. The number of nitrogens with zero attached hydrogens (tertiary/aromatic N) is 3. The molecule has 0 aliphatic carbocycles. The molecule has 3 N–H and O–H groups in total. The molecule has 10 nitrogen and oxygen atoms in total. The minimum Gasteiger partial charge on any atom is -0.427 e. The van der Waals surface area contributed by atoms with Gasteiger partial charge in [-0.15, -0.1) is 5.06 Å². The number of piperazine rings is 1. The van der Waals surface area contributed by atoms with Gasteiger partial charge in [-0.05, 0) is 27.2 Å². The van der Waals surface area contributed by atoms with Crippen molar-refractivity contribution < 1.29 is 19.3 Å². The fourth-order valence-electron chi connectivity index (χ4n) is 2.93. The SMILES string of the molecule is CC(C)(C)OC(=O)ON1CCN(C2CCC([N+](=O)[O-])C(N)N2)CC1. The van der Waals surface area contributed by atoms with E-state index in [4.69, 9.17) is 15.3 Å². The molecule has 2 aliphatic heterocycles. The molecule has 2 heterocycles. The van der Waals surface area contributed by atoms with Gasteiger partial charge in [0, 0.05) is 37.5 Å². The standard InChI is InChI=1S/C14H27N5O5/c1-14(2,3)23-13(20)24-18-8-6-17(7-9-18)11-5-4-10(19(21)22)12(15)16-11/h10-12,16H,4-9,15H2,1-3H3. The lowest BCUT2D eigenvalue weighted by Crippen LogP contribution is -2.64. The Labute approximate surface area is 141 Å². The van der Waals surface area contributed by atoms with Crippen LogP contribution in [0.5, 0.6) is 0 Å². The van der Waals surface area contributed by atoms with E-state index in [-0.39, 0.29) is 11.1 Å². The molecule has 24 heavy (non-hydrogen) atoms. The summed E-state index contributed by atoms with van der Waals surface area (Å²) in [4.78, 5) is 29.6. The van der Waals surface area contributed by atoms with Crippen molar-refractivity contribution in [3.05, 3.63) is 10.1 Å². The molecule has 0 spiro atoms. The molecule has 0 radical (unpaired) electrons. The predicted molar refractivity (Wildman–Crippen MR) is 85.4 cm³/mol. The number of carbonyl (C=O) groups is 1. The largest absolute Gasteiger partial charge is 0.528 e. The van der Waals surface area contributed by atoms with Crippen molar-refractivity contribution in [2.75, 3.05) is 26.2 Å². The third-order valence-corrected chi connectivity index (χ3v) is 4.11. The van der Waals surface area contributed by atoms with Crippen LogP contribution in [0.1, 0.15) is 33.6 Å². The number of ether oxygens (including phenoxy) is 1. The summed E-state index contributed by atoms with van der Waals surface area (Å²) in [5.41, 5.74) is 5.26. The van der Waals surface area contributed by atoms with Crippen LogP contribution in [0.3, 0.4) is 0 Å². The van der Waals surface area contributed by atoms with Gasteiger partial charge in [0.05, 0.1) is 6.17 Å². The van der Waals surface area contributed by atoms with Gasteiger partial charge < -0.3 is 15.3 Å². The van der Waals surface area contributed by atoms with E-state index >= 15 is 0 Å². The number of nitrogens with two attached hydrogens (primary N) is 1. The second kappa shape index (κ2) is 7.60. The van der Waals surface area contributed by atoms with Crippen LogP contribution in [-0.2, 0) is 9.57 Å². The second-order valence-corrected chi connectivity index (χ2v) is 7.16. The Morgan fingerprint density at radius 2 is 1.88 bits per heavy atom. The van der Waals surface area contributed by atoms with E-state index in [0.29, 0.717) is 39.0 Å². The topological polar surface area (TPSA) is 123 Å². The number of hydroxylamine groups is 2. The number of nitro groups is 1. The average molecular weight is 345 g/mol. The van der Waals surface area contributed by atoms with Crippen LogP contribution in [0.15, 0.2) is 0 Å². The summed E-state index contributed by atoms with van der Waals surface area (Å²) >= 11 is 0. The number of piperidine rings is 1. The van der Waals surface area contributed by atoms with Gasteiger partial charge in [-0.2, -0.15) is 0 Å². The Hall–Kier alpha value is -1.49. The molecule has 3 unspecified atom stereocenters. The van der Waals surface area contributed by atoms with Gasteiger partial charge in [0.2, 0.25) is 6.04 Å². The summed E-state index contributed by atoms with van der Waals surface area (Å²) in [7, 11) is 0. The van der Waals surface area contributed by atoms with Crippen LogP contribution in [0.2, 0.25) is 0 Å². The summed E-state index contributed by atoms with van der Waals surface area (Å²) < 4.78 is 5.12. The summed E-state index contributed by atoms with van der Waals surface area (Å²) in [6.45, 7) is 7.79. The van der Waals surface area contributed by atoms with Gasteiger partial charge in [-0.1, -0.05) is 0 Å². The zero-order valence-electron chi connectivity index (χ0n) is 14.4. The maximum absolute atomic E-state index is 11.7. The lowest BCUT2D eigenvalue weighted by Gasteiger charge is -2.41. The maximum Gasteiger partial charge on any atom is 0.528 e. The van der Waals surface area contributed by atoms with Crippen LogP contribution >= 0.6 is 0 Å². The van der Waals surface area contributed by atoms with Crippen LogP contribution in [0.25, 0.3) is 0 Å². The molecule has 0 bridgehead atoms. The molecule has 0 aromatic carbocycles. The van der Waals surface area contributed by atoms with Crippen molar-refractivity contribution in [1.29, 1.82) is 0 Å². The molecule has 138 valence electrons. The first-order valence-corrected chi connectivity index (χ1v) is 8.21. The van der Waals surface area contributed by atoms with Gasteiger partial charge in [-0.25, -0.2) is 4.79 Å². The van der Waals surface area contributed by atoms with Gasteiger partial charge in [0.1, 0.15) is 11.8 Å². The Balaban J connectivity index is 1.75. The van der Waals surface area contributed by atoms with Gasteiger partial charge in [-0.3, -0.25) is 20.3 Å². The molecule has 0 saturated carbocycles. The number of nitrogens with one attached hydrogen (secondary N) is 1. The highest BCUT2D eigenvalue weighted by Gasteiger charge is 2.38. The highest BCUT2D eigenvalue weighted by Crippen LogP contribution is 2.18. The smallest absolute Gasteiger partial charge is 0.427 e. The lowest BCUT2D eigenvalue weighted by molar-refractivity contribution is -0.530. The molecule has 2 rings (SSSR count). The first-order valence-electron chi connectivity index (χ1n) is 8.21. The number of hydrogen-bond donors (Lipinski definition) is 2. The minimum atomic E-state index is -0.738. The Morgan fingerprint density at radius 1 is 1.25 bits per heavy atom. The van der Waals surface area contributed by atoms with E-state index in [9.17, 15) is 14.9 Å². The minimum absolute atomic E-state index is 0.0138. The molecule has 0 amide bonds. The van der Waals surface area contributed by atoms with Crippen molar-refractivity contribution in [2.45, 2.75) is 57.6 Å². The van der Waals surface area contributed by atoms with E-state index < -0.39 is 24.0 Å². The van der Waals surface area contributed by atoms with Crippen LogP contribution in [0.4, 0.5) is 4.79 Å². The maximum atomic E-state index is 11.7. The van der Waals surface area contributed by atoms with Crippen molar-refractivity contribution >= 4 is 6.16 Å². The van der Waals surface area contributed by atoms with Crippen LogP contribution in [0, 0.1) is 10.1 Å². The fourth-order valence-corrected chi connectivity index (χ4v) is 2.93. The molecule has 3 atom stereocenters. The van der Waals surface area contributed by atoms with E-state index in [1.165, 1.54) is 0 Å². The van der Waals surface area contributed by atoms with Crippen molar-refractivity contribution in [3.63, 3.8) is 0 Å². The Morgan fingerprint density at radius 3 is 2.38 bits per heavy atom. The third-order valence-electron chi connectivity index (χ3n) is 4.11. The van der Waals surface area contributed by atoms with E-state index in [0.717, 1.165) is 0 Å². The average Bonchev–Trinajstić information content (AvgIpc) is 2.45. The number of rotatable bonds is 3. The second-order valence-electron chi connectivity index (χ2n) is 7.16. The molecular formula is C14H27N5O5. The van der Waals surface area contributed by atoms with E-state index in [1.54, 1.807) is 25.8 Å². The lowest BCUT2D eigenvalue weighted by atomic mass is 10.0. The van der Waals surface area contributed by atoms with E-state index in [2.05, 4.69) is 10.2 Å². The zero-order chi connectivity index (χ0) is 17.9. The summed E-state index contributed by atoms with van der Waals surface area (Å²) in [5, 5.41) is 15.6. The Bertz CT molecular complexity index is 461.